The van der Waals surface area contributed by atoms with E-state index < -0.39 is 0 Å². The number of rotatable bonds is 7. The number of nitrogens with zero attached hydrogens (tertiary/aromatic N) is 3. The van der Waals surface area contributed by atoms with Crippen molar-refractivity contribution in [3.63, 3.8) is 0 Å². The van der Waals surface area contributed by atoms with Crippen LogP contribution in [0.3, 0.4) is 0 Å². The van der Waals surface area contributed by atoms with Gasteiger partial charge in [0.25, 0.3) is 0 Å². The molecule has 1 aromatic carbocycles. The third kappa shape index (κ3) is 5.59. The van der Waals surface area contributed by atoms with Crippen LogP contribution in [0, 0.1) is 5.92 Å². The monoisotopic (exact) mass is 374 g/mol. The molecule has 0 spiro atoms. The second-order valence-electron chi connectivity index (χ2n) is 6.73. The molecule has 0 saturated carbocycles. The number of nitrogens with two attached hydrogens (primary N) is 2. The normalized spacial score (nSPS) is 12.4. The van der Waals surface area contributed by atoms with Gasteiger partial charge in [-0.05, 0) is 23.0 Å². The number of nitrogen functional groups attached to an aromatic ring is 2. The van der Waals surface area contributed by atoms with Gasteiger partial charge in [0.15, 0.2) is 5.16 Å². The van der Waals surface area contributed by atoms with E-state index in [2.05, 4.69) is 72.2 Å². The molecule has 0 aliphatic rings. The Morgan fingerprint density at radius 1 is 1.00 bits per heavy atom. The fourth-order valence-electron chi connectivity index (χ4n) is 2.52. The molecule has 5 N–H and O–H groups in total. The first-order valence-electron chi connectivity index (χ1n) is 8.55. The van der Waals surface area contributed by atoms with Crippen LogP contribution in [0.2, 0.25) is 0 Å². The average Bonchev–Trinajstić information content (AvgIpc) is 2.57. The third-order valence-electron chi connectivity index (χ3n) is 3.93. The van der Waals surface area contributed by atoms with Crippen molar-refractivity contribution in [1.29, 1.82) is 0 Å². The van der Waals surface area contributed by atoms with Crippen LogP contribution in [0.5, 0.6) is 0 Å². The predicted octanol–water partition coefficient (Wildman–Crippen LogP) is 2.77. The molecule has 0 aliphatic carbocycles. The Bertz CT molecular complexity index is 728. The van der Waals surface area contributed by atoms with E-state index in [0.717, 1.165) is 5.56 Å². The third-order valence-corrected chi connectivity index (χ3v) is 4.77. The lowest BCUT2D eigenvalue weighted by Gasteiger charge is -2.23. The van der Waals surface area contributed by atoms with Crippen LogP contribution in [-0.2, 0) is 4.79 Å². The fraction of sp³-hybridized carbons (Fsp3) is 0.444. The van der Waals surface area contributed by atoms with Gasteiger partial charge in [-0.15, -0.1) is 0 Å². The lowest BCUT2D eigenvalue weighted by atomic mass is 9.93. The van der Waals surface area contributed by atoms with Crippen LogP contribution in [0.4, 0.5) is 11.9 Å². The highest BCUT2D eigenvalue weighted by Gasteiger charge is 2.19. The Balaban J connectivity index is 2.01. The molecular weight excluding hydrogens is 348 g/mol. The van der Waals surface area contributed by atoms with Gasteiger partial charge in [0.05, 0.1) is 11.8 Å². The summed E-state index contributed by atoms with van der Waals surface area (Å²) in [6.45, 7) is 8.49. The minimum Gasteiger partial charge on any atom is -0.368 e. The molecule has 26 heavy (non-hydrogen) atoms. The molecule has 140 valence electrons. The minimum atomic E-state index is -0.0980. The van der Waals surface area contributed by atoms with Crippen LogP contribution in [0.15, 0.2) is 29.4 Å². The summed E-state index contributed by atoms with van der Waals surface area (Å²) in [5.41, 5.74) is 13.5. The van der Waals surface area contributed by atoms with Crippen molar-refractivity contribution < 1.29 is 4.79 Å². The number of aromatic nitrogens is 3. The van der Waals surface area contributed by atoms with Gasteiger partial charge in [-0.3, -0.25) is 4.79 Å². The maximum Gasteiger partial charge on any atom is 0.230 e. The van der Waals surface area contributed by atoms with Gasteiger partial charge in [-0.1, -0.05) is 63.7 Å². The molecule has 0 radical (unpaired) electrons. The lowest BCUT2D eigenvalue weighted by Crippen LogP contribution is -2.33. The number of amides is 1. The van der Waals surface area contributed by atoms with Crippen molar-refractivity contribution in [2.24, 2.45) is 5.92 Å². The van der Waals surface area contributed by atoms with E-state index in [1.165, 1.54) is 17.3 Å². The van der Waals surface area contributed by atoms with Gasteiger partial charge >= 0.3 is 0 Å². The summed E-state index contributed by atoms with van der Waals surface area (Å²) in [5, 5.41) is 3.43. The van der Waals surface area contributed by atoms with E-state index in [4.69, 9.17) is 11.5 Å². The lowest BCUT2D eigenvalue weighted by molar-refractivity contribution is -0.119. The van der Waals surface area contributed by atoms with E-state index in [0.29, 0.717) is 11.1 Å². The van der Waals surface area contributed by atoms with E-state index in [-0.39, 0.29) is 35.5 Å². The molecule has 0 unspecified atom stereocenters. The minimum absolute atomic E-state index is 0.0470. The number of hydrogen-bond acceptors (Lipinski definition) is 7. The first-order valence-corrected chi connectivity index (χ1v) is 9.54. The number of anilines is 2. The zero-order valence-electron chi connectivity index (χ0n) is 15.6. The van der Waals surface area contributed by atoms with Crippen molar-refractivity contribution in [3.8, 4) is 0 Å². The van der Waals surface area contributed by atoms with Crippen LogP contribution in [-0.4, -0.2) is 26.6 Å². The molecule has 2 aromatic rings. The topological polar surface area (TPSA) is 120 Å². The molecule has 0 aliphatic heterocycles. The van der Waals surface area contributed by atoms with Gasteiger partial charge in [0, 0.05) is 0 Å². The molecule has 1 heterocycles. The van der Waals surface area contributed by atoms with E-state index in [1.807, 2.05) is 0 Å². The Morgan fingerprint density at radius 3 is 2.04 bits per heavy atom. The highest BCUT2D eigenvalue weighted by molar-refractivity contribution is 7.99. The second-order valence-corrected chi connectivity index (χ2v) is 7.68. The highest BCUT2D eigenvalue weighted by Crippen LogP contribution is 2.24. The summed E-state index contributed by atoms with van der Waals surface area (Å²) in [7, 11) is 0. The Morgan fingerprint density at radius 2 is 1.54 bits per heavy atom. The fourth-order valence-corrected chi connectivity index (χ4v) is 3.18. The molecule has 1 atom stereocenters. The molecule has 0 saturated heterocycles. The zero-order valence-corrected chi connectivity index (χ0v) is 16.4. The molecule has 2 rings (SSSR count). The van der Waals surface area contributed by atoms with Gasteiger partial charge in [0.1, 0.15) is 0 Å². The Kier molecular flexibility index (Phi) is 6.79. The molecule has 8 heteroatoms. The molecular formula is C18H26N6OS. The first kappa shape index (κ1) is 20.0. The maximum atomic E-state index is 12.4. The summed E-state index contributed by atoms with van der Waals surface area (Å²) in [6.07, 6.45) is 0. The zero-order chi connectivity index (χ0) is 19.3. The van der Waals surface area contributed by atoms with Gasteiger partial charge in [-0.25, -0.2) is 0 Å². The summed E-state index contributed by atoms with van der Waals surface area (Å²) in [4.78, 5) is 24.0. The Hall–Kier alpha value is -2.35. The van der Waals surface area contributed by atoms with Crippen LogP contribution >= 0.6 is 11.8 Å². The summed E-state index contributed by atoms with van der Waals surface area (Å²) >= 11 is 1.18. The van der Waals surface area contributed by atoms with Gasteiger partial charge in [-0.2, -0.15) is 15.0 Å². The number of hydrogen-bond donors (Lipinski definition) is 3. The Labute approximate surface area is 158 Å². The SMILES string of the molecule is CC(C)c1ccc([C@@H](NC(=O)CSc2nc(N)nc(N)n2)C(C)C)cc1. The van der Waals surface area contributed by atoms with Crippen molar-refractivity contribution >= 4 is 29.6 Å². The van der Waals surface area contributed by atoms with E-state index in [1.54, 1.807) is 0 Å². The van der Waals surface area contributed by atoms with Gasteiger partial charge < -0.3 is 16.8 Å². The van der Waals surface area contributed by atoms with Gasteiger partial charge in [0.2, 0.25) is 17.8 Å². The van der Waals surface area contributed by atoms with Crippen molar-refractivity contribution in [2.45, 2.75) is 44.8 Å². The van der Waals surface area contributed by atoms with E-state index in [9.17, 15) is 4.79 Å². The average molecular weight is 375 g/mol. The summed E-state index contributed by atoms with van der Waals surface area (Å²) < 4.78 is 0. The quantitative estimate of drug-likeness (QED) is 0.637. The molecule has 0 bridgehead atoms. The first-order chi connectivity index (χ1) is 12.3. The number of nitrogens with one attached hydrogen (secondary N) is 1. The largest absolute Gasteiger partial charge is 0.368 e. The van der Waals surface area contributed by atoms with E-state index >= 15 is 0 Å². The smallest absolute Gasteiger partial charge is 0.230 e. The highest BCUT2D eigenvalue weighted by atomic mass is 32.2. The summed E-state index contributed by atoms with van der Waals surface area (Å²) in [5.74, 6) is 0.914. The molecule has 7 nitrogen and oxygen atoms in total. The number of carbonyl (C=O) groups is 1. The van der Waals surface area contributed by atoms with Crippen molar-refractivity contribution in [1.82, 2.24) is 20.3 Å². The number of thioether (sulfide) groups is 1. The van der Waals surface area contributed by atoms with Crippen molar-refractivity contribution in [2.75, 3.05) is 17.2 Å². The predicted molar refractivity (Wildman–Crippen MR) is 106 cm³/mol. The molecule has 1 amide bonds. The maximum absolute atomic E-state index is 12.4. The standard InChI is InChI=1S/C18H26N6OS/c1-10(2)12-5-7-13(8-6-12)15(11(3)4)21-14(25)9-26-18-23-16(19)22-17(20)24-18/h5-8,10-11,15H,9H2,1-4H3,(H,21,25)(H4,19,20,22,23,24)/t15-/m0/s1. The molecule has 0 fully saturated rings. The van der Waals surface area contributed by atoms with Crippen molar-refractivity contribution in [3.05, 3.63) is 35.4 Å². The van der Waals surface area contributed by atoms with Crippen LogP contribution in [0.1, 0.15) is 50.8 Å². The number of carbonyl (C=O) groups excluding carboxylic acids is 1. The van der Waals surface area contributed by atoms with Crippen LogP contribution in [0.25, 0.3) is 0 Å². The molecule has 1 aromatic heterocycles. The summed E-state index contributed by atoms with van der Waals surface area (Å²) in [6, 6.07) is 8.35. The van der Waals surface area contributed by atoms with Crippen LogP contribution < -0.4 is 16.8 Å². The second kappa shape index (κ2) is 8.84. The number of benzene rings is 1.